The van der Waals surface area contributed by atoms with Gasteiger partial charge >= 0.3 is 0 Å². The molecule has 7 heteroatoms. The van der Waals surface area contributed by atoms with E-state index < -0.39 is 5.82 Å². The molecular formula is C15H12ClFN4O. The fourth-order valence-corrected chi connectivity index (χ4v) is 2.02. The third-order valence-corrected chi connectivity index (χ3v) is 3.17. The second-order valence-electron chi connectivity index (χ2n) is 4.48. The number of hydrogen-bond acceptors (Lipinski definition) is 5. The number of halogens is 2. The van der Waals surface area contributed by atoms with Crippen LogP contribution in [-0.2, 0) is 6.54 Å². The molecule has 2 N–H and O–H groups in total. The number of furan rings is 1. The second-order valence-corrected chi connectivity index (χ2v) is 4.88. The molecule has 2 heterocycles. The molecule has 0 spiro atoms. The molecule has 0 aliphatic carbocycles. The predicted molar refractivity (Wildman–Crippen MR) is 82.8 cm³/mol. The molecule has 0 unspecified atom stereocenters. The maximum absolute atomic E-state index is 13.1. The zero-order valence-electron chi connectivity index (χ0n) is 11.4. The van der Waals surface area contributed by atoms with Gasteiger partial charge in [0.25, 0.3) is 0 Å². The Morgan fingerprint density at radius 1 is 1.14 bits per heavy atom. The molecule has 0 saturated carbocycles. The molecule has 3 aromatic rings. The fraction of sp³-hybridized carbons (Fsp3) is 0.0667. The zero-order valence-corrected chi connectivity index (χ0v) is 12.1. The van der Waals surface area contributed by atoms with E-state index in [0.29, 0.717) is 23.9 Å². The molecular weight excluding hydrogens is 307 g/mol. The molecule has 0 atom stereocenters. The van der Waals surface area contributed by atoms with Gasteiger partial charge in [-0.3, -0.25) is 0 Å². The topological polar surface area (TPSA) is 63.0 Å². The Bertz CT molecular complexity index is 764. The summed E-state index contributed by atoms with van der Waals surface area (Å²) in [6.07, 6.45) is 3.04. The van der Waals surface area contributed by atoms with Crippen molar-refractivity contribution in [3.8, 4) is 0 Å². The smallest absolute Gasteiger partial charge is 0.141 e. The maximum atomic E-state index is 13.1. The number of hydrogen-bond donors (Lipinski definition) is 2. The zero-order chi connectivity index (χ0) is 15.4. The van der Waals surface area contributed by atoms with Crippen molar-refractivity contribution in [1.82, 2.24) is 9.97 Å². The first-order valence-electron chi connectivity index (χ1n) is 6.51. The van der Waals surface area contributed by atoms with Crippen LogP contribution in [0.25, 0.3) is 0 Å². The first-order valence-corrected chi connectivity index (χ1v) is 6.89. The highest BCUT2D eigenvalue weighted by molar-refractivity contribution is 6.31. The largest absolute Gasteiger partial charge is 0.467 e. The van der Waals surface area contributed by atoms with Gasteiger partial charge in [0.1, 0.15) is 29.5 Å². The summed E-state index contributed by atoms with van der Waals surface area (Å²) in [7, 11) is 0. The van der Waals surface area contributed by atoms with E-state index in [9.17, 15) is 4.39 Å². The van der Waals surface area contributed by atoms with Gasteiger partial charge in [0.05, 0.1) is 17.8 Å². The monoisotopic (exact) mass is 318 g/mol. The third kappa shape index (κ3) is 3.53. The van der Waals surface area contributed by atoms with Crippen LogP contribution in [0.1, 0.15) is 5.76 Å². The van der Waals surface area contributed by atoms with Gasteiger partial charge in [0, 0.05) is 11.8 Å². The number of nitrogens with one attached hydrogen (secondary N) is 2. The van der Waals surface area contributed by atoms with E-state index >= 15 is 0 Å². The van der Waals surface area contributed by atoms with Gasteiger partial charge in [-0.1, -0.05) is 11.6 Å². The van der Waals surface area contributed by atoms with E-state index in [-0.39, 0.29) is 5.02 Å². The van der Waals surface area contributed by atoms with Crippen LogP contribution in [0.4, 0.5) is 21.7 Å². The van der Waals surface area contributed by atoms with Gasteiger partial charge in [-0.25, -0.2) is 14.4 Å². The minimum absolute atomic E-state index is 0.0511. The van der Waals surface area contributed by atoms with E-state index in [2.05, 4.69) is 20.6 Å². The molecule has 5 nitrogen and oxygen atoms in total. The molecule has 112 valence electrons. The highest BCUT2D eigenvalue weighted by atomic mass is 35.5. The van der Waals surface area contributed by atoms with Crippen molar-refractivity contribution >= 4 is 28.9 Å². The fourth-order valence-electron chi connectivity index (χ4n) is 1.83. The molecule has 0 saturated heterocycles. The van der Waals surface area contributed by atoms with Crippen molar-refractivity contribution in [2.75, 3.05) is 10.6 Å². The summed E-state index contributed by atoms with van der Waals surface area (Å²) in [6, 6.07) is 9.80. The van der Waals surface area contributed by atoms with Crippen LogP contribution < -0.4 is 10.6 Å². The molecule has 22 heavy (non-hydrogen) atoms. The van der Waals surface area contributed by atoms with Gasteiger partial charge in [-0.2, -0.15) is 0 Å². The van der Waals surface area contributed by atoms with Gasteiger partial charge in [-0.05, 0) is 30.3 Å². The van der Waals surface area contributed by atoms with Gasteiger partial charge in [0.15, 0.2) is 0 Å². The van der Waals surface area contributed by atoms with Crippen LogP contribution in [0.2, 0.25) is 5.02 Å². The quantitative estimate of drug-likeness (QED) is 0.737. The molecule has 1 aromatic carbocycles. The Morgan fingerprint density at radius 2 is 2.00 bits per heavy atom. The predicted octanol–water partition coefficient (Wildman–Crippen LogP) is 4.22. The average molecular weight is 319 g/mol. The normalized spacial score (nSPS) is 10.5. The highest BCUT2D eigenvalue weighted by Crippen LogP contribution is 2.22. The molecule has 0 amide bonds. The van der Waals surface area contributed by atoms with E-state index in [4.69, 9.17) is 16.0 Å². The number of anilines is 3. The van der Waals surface area contributed by atoms with Crippen molar-refractivity contribution in [3.63, 3.8) is 0 Å². The van der Waals surface area contributed by atoms with Crippen molar-refractivity contribution in [1.29, 1.82) is 0 Å². The lowest BCUT2D eigenvalue weighted by Gasteiger charge is -2.08. The lowest BCUT2D eigenvalue weighted by molar-refractivity contribution is 0.518. The van der Waals surface area contributed by atoms with Crippen LogP contribution in [0.5, 0.6) is 0 Å². The highest BCUT2D eigenvalue weighted by Gasteiger charge is 2.04. The summed E-state index contributed by atoms with van der Waals surface area (Å²) < 4.78 is 18.4. The number of rotatable bonds is 5. The summed E-state index contributed by atoms with van der Waals surface area (Å²) in [5.41, 5.74) is 0.641. The third-order valence-electron chi connectivity index (χ3n) is 2.88. The first kappa shape index (κ1) is 14.3. The Balaban J connectivity index is 1.69. The average Bonchev–Trinajstić information content (AvgIpc) is 3.03. The van der Waals surface area contributed by atoms with Gasteiger partial charge in [0.2, 0.25) is 0 Å². The molecule has 0 aliphatic rings. The first-order chi connectivity index (χ1) is 10.7. The summed E-state index contributed by atoms with van der Waals surface area (Å²) >= 11 is 5.75. The minimum atomic E-state index is -0.462. The van der Waals surface area contributed by atoms with Crippen molar-refractivity contribution in [2.24, 2.45) is 0 Å². The Hall–Kier alpha value is -2.60. The Morgan fingerprint density at radius 3 is 2.77 bits per heavy atom. The SMILES string of the molecule is Fc1ccc(Nc2cc(NCc3ccco3)ncn2)cc1Cl. The molecule has 2 aromatic heterocycles. The number of aromatic nitrogens is 2. The second kappa shape index (κ2) is 6.44. The van der Waals surface area contributed by atoms with Crippen LogP contribution in [0, 0.1) is 5.82 Å². The van der Waals surface area contributed by atoms with E-state index in [1.807, 2.05) is 12.1 Å². The number of benzene rings is 1. The summed E-state index contributed by atoms with van der Waals surface area (Å²) in [5.74, 6) is 1.55. The van der Waals surface area contributed by atoms with E-state index in [1.54, 1.807) is 18.4 Å². The molecule has 3 rings (SSSR count). The van der Waals surface area contributed by atoms with Gasteiger partial charge < -0.3 is 15.1 Å². The molecule has 0 fully saturated rings. The van der Waals surface area contributed by atoms with Gasteiger partial charge in [-0.15, -0.1) is 0 Å². The van der Waals surface area contributed by atoms with E-state index in [1.165, 1.54) is 18.5 Å². The Kier molecular flexibility index (Phi) is 4.20. The van der Waals surface area contributed by atoms with Crippen LogP contribution in [-0.4, -0.2) is 9.97 Å². The van der Waals surface area contributed by atoms with Crippen LogP contribution >= 0.6 is 11.6 Å². The molecule has 0 bridgehead atoms. The number of nitrogens with zero attached hydrogens (tertiary/aromatic N) is 2. The summed E-state index contributed by atoms with van der Waals surface area (Å²) in [5, 5.41) is 6.21. The van der Waals surface area contributed by atoms with Crippen molar-refractivity contribution in [2.45, 2.75) is 6.54 Å². The van der Waals surface area contributed by atoms with Crippen molar-refractivity contribution in [3.05, 3.63) is 65.6 Å². The maximum Gasteiger partial charge on any atom is 0.141 e. The summed E-state index contributed by atoms with van der Waals surface area (Å²) in [4.78, 5) is 8.23. The lowest BCUT2D eigenvalue weighted by Crippen LogP contribution is -2.02. The molecule has 0 aliphatic heterocycles. The van der Waals surface area contributed by atoms with Crippen LogP contribution in [0.15, 0.2) is 53.4 Å². The summed E-state index contributed by atoms with van der Waals surface area (Å²) in [6.45, 7) is 0.520. The Labute approximate surface area is 131 Å². The minimum Gasteiger partial charge on any atom is -0.467 e. The molecule has 0 radical (unpaired) electrons. The van der Waals surface area contributed by atoms with E-state index in [0.717, 1.165) is 5.76 Å². The van der Waals surface area contributed by atoms with Crippen LogP contribution in [0.3, 0.4) is 0 Å². The standard InChI is InChI=1S/C15H12ClFN4O/c16-12-6-10(3-4-13(12)17)21-15-7-14(19-9-20-15)18-8-11-2-1-5-22-11/h1-7,9H,8H2,(H2,18,19,20,21). The van der Waals surface area contributed by atoms with Crippen molar-refractivity contribution < 1.29 is 8.81 Å². The lowest BCUT2D eigenvalue weighted by atomic mass is 10.3.